The predicted molar refractivity (Wildman–Crippen MR) is 129 cm³/mol. The van der Waals surface area contributed by atoms with Gasteiger partial charge in [-0.3, -0.25) is 14.5 Å². The molecule has 3 heterocycles. The van der Waals surface area contributed by atoms with Crippen LogP contribution in [0.25, 0.3) is 5.82 Å². The standard InChI is InChI=1S/C22H19BrClF3N6O2/c23-15-2-4-16(5-3-15)30-19(34)13-31-7-9-32(10-8-31)17-12-29-33(21(35)20(17)24)18-6-1-14(11-28-18)22(25,26)27/h1-6,11-12H,7-10,13H2,(H,30,34). The molecule has 0 unspecified atom stereocenters. The van der Waals surface area contributed by atoms with Crippen molar-refractivity contribution < 1.29 is 18.0 Å². The largest absolute Gasteiger partial charge is 0.417 e. The maximum Gasteiger partial charge on any atom is 0.417 e. The van der Waals surface area contributed by atoms with Crippen LogP contribution in [0, 0.1) is 0 Å². The number of nitrogens with zero attached hydrogens (tertiary/aromatic N) is 5. The van der Waals surface area contributed by atoms with Crippen molar-refractivity contribution in [3.8, 4) is 5.82 Å². The van der Waals surface area contributed by atoms with E-state index in [0.29, 0.717) is 43.8 Å². The van der Waals surface area contributed by atoms with Gasteiger partial charge in [0.15, 0.2) is 5.82 Å². The number of carbonyl (C=O) groups is 1. The average Bonchev–Trinajstić information content (AvgIpc) is 2.82. The Morgan fingerprint density at radius 2 is 1.74 bits per heavy atom. The number of halogens is 5. The van der Waals surface area contributed by atoms with E-state index in [0.717, 1.165) is 21.3 Å². The molecule has 0 aliphatic carbocycles. The van der Waals surface area contributed by atoms with Gasteiger partial charge in [0.05, 0.1) is 24.0 Å². The minimum atomic E-state index is -4.53. The Hall–Kier alpha value is -2.96. The number of pyridine rings is 1. The minimum Gasteiger partial charge on any atom is -0.366 e. The molecular weight excluding hydrogens is 553 g/mol. The lowest BCUT2D eigenvalue weighted by Crippen LogP contribution is -2.49. The summed E-state index contributed by atoms with van der Waals surface area (Å²) in [6, 6.07) is 9.17. The maximum atomic E-state index is 12.8. The first-order valence-corrected chi connectivity index (χ1v) is 11.6. The van der Waals surface area contributed by atoms with Gasteiger partial charge in [-0.1, -0.05) is 27.5 Å². The van der Waals surface area contributed by atoms with E-state index in [1.54, 1.807) is 12.1 Å². The summed E-state index contributed by atoms with van der Waals surface area (Å²) in [5.41, 5.74) is -0.496. The Labute approximate surface area is 211 Å². The number of piperazine rings is 1. The molecule has 4 rings (SSSR count). The van der Waals surface area contributed by atoms with Gasteiger partial charge in [0.25, 0.3) is 5.56 Å². The van der Waals surface area contributed by atoms with E-state index in [-0.39, 0.29) is 23.3 Å². The van der Waals surface area contributed by atoms with E-state index >= 15 is 0 Å². The van der Waals surface area contributed by atoms with Crippen LogP contribution in [0.15, 0.2) is 58.1 Å². The molecule has 0 radical (unpaired) electrons. The van der Waals surface area contributed by atoms with E-state index in [4.69, 9.17) is 11.6 Å². The molecule has 1 aromatic carbocycles. The monoisotopic (exact) mass is 570 g/mol. The minimum absolute atomic E-state index is 0.0712. The first kappa shape index (κ1) is 25.1. The zero-order valence-corrected chi connectivity index (χ0v) is 20.4. The number of amides is 1. The van der Waals surface area contributed by atoms with Crippen LogP contribution in [0.5, 0.6) is 0 Å². The van der Waals surface area contributed by atoms with Gasteiger partial charge >= 0.3 is 6.18 Å². The van der Waals surface area contributed by atoms with Crippen LogP contribution in [0.3, 0.4) is 0 Å². The van der Waals surface area contributed by atoms with Crippen LogP contribution in [0.4, 0.5) is 24.5 Å². The summed E-state index contributed by atoms with van der Waals surface area (Å²) >= 11 is 9.65. The van der Waals surface area contributed by atoms with Gasteiger partial charge in [0.1, 0.15) is 5.02 Å². The van der Waals surface area contributed by atoms with E-state index in [2.05, 4.69) is 31.3 Å². The summed E-state index contributed by atoms with van der Waals surface area (Å²) in [4.78, 5) is 32.6. The second-order valence-corrected chi connectivity index (χ2v) is 9.08. The third kappa shape index (κ3) is 6.00. The Morgan fingerprint density at radius 3 is 2.34 bits per heavy atom. The fourth-order valence-corrected chi connectivity index (χ4v) is 4.08. The normalized spacial score (nSPS) is 14.7. The van der Waals surface area contributed by atoms with Crippen molar-refractivity contribution in [2.24, 2.45) is 0 Å². The highest BCUT2D eigenvalue weighted by molar-refractivity contribution is 9.10. The van der Waals surface area contributed by atoms with Crippen molar-refractivity contribution in [1.29, 1.82) is 0 Å². The number of alkyl halides is 3. The zero-order valence-electron chi connectivity index (χ0n) is 18.1. The summed E-state index contributed by atoms with van der Waals surface area (Å²) in [6.45, 7) is 2.36. The predicted octanol–water partition coefficient (Wildman–Crippen LogP) is 3.82. The first-order valence-electron chi connectivity index (χ1n) is 10.5. The summed E-state index contributed by atoms with van der Waals surface area (Å²) in [5.74, 6) is -0.204. The van der Waals surface area contributed by atoms with Gasteiger partial charge in [-0.25, -0.2) is 4.98 Å². The highest BCUT2D eigenvalue weighted by atomic mass is 79.9. The molecule has 0 bridgehead atoms. The Balaban J connectivity index is 1.38. The van der Waals surface area contributed by atoms with Crippen LogP contribution in [-0.2, 0) is 11.0 Å². The van der Waals surface area contributed by atoms with Gasteiger partial charge in [-0.2, -0.15) is 23.0 Å². The van der Waals surface area contributed by atoms with Crippen molar-refractivity contribution in [1.82, 2.24) is 19.7 Å². The fourth-order valence-electron chi connectivity index (χ4n) is 3.57. The van der Waals surface area contributed by atoms with Gasteiger partial charge in [0, 0.05) is 42.5 Å². The summed E-state index contributed by atoms with van der Waals surface area (Å²) < 4.78 is 40.0. The molecule has 0 saturated carbocycles. The highest BCUT2D eigenvalue weighted by Crippen LogP contribution is 2.29. The summed E-state index contributed by atoms with van der Waals surface area (Å²) in [7, 11) is 0. The van der Waals surface area contributed by atoms with E-state index in [1.807, 2.05) is 21.9 Å². The molecule has 0 atom stereocenters. The molecule has 35 heavy (non-hydrogen) atoms. The molecule has 1 amide bonds. The van der Waals surface area contributed by atoms with Crippen molar-refractivity contribution in [2.75, 3.05) is 42.9 Å². The van der Waals surface area contributed by atoms with Crippen LogP contribution < -0.4 is 15.8 Å². The molecule has 2 aromatic heterocycles. The van der Waals surface area contributed by atoms with Gasteiger partial charge in [0.2, 0.25) is 5.91 Å². The fraction of sp³-hybridized carbons (Fsp3) is 0.273. The third-order valence-corrected chi connectivity index (χ3v) is 6.28. The lowest BCUT2D eigenvalue weighted by Gasteiger charge is -2.35. The molecule has 13 heteroatoms. The number of rotatable bonds is 5. The second kappa shape index (κ2) is 10.3. The molecular formula is C22H19BrClF3N6O2. The van der Waals surface area contributed by atoms with Crippen molar-refractivity contribution in [3.63, 3.8) is 0 Å². The number of nitrogens with one attached hydrogen (secondary N) is 1. The molecule has 184 valence electrons. The van der Waals surface area contributed by atoms with Crippen molar-refractivity contribution in [2.45, 2.75) is 6.18 Å². The number of benzene rings is 1. The number of aromatic nitrogens is 3. The van der Waals surface area contributed by atoms with Gasteiger partial charge < -0.3 is 10.2 Å². The molecule has 1 N–H and O–H groups in total. The van der Waals surface area contributed by atoms with Crippen LogP contribution >= 0.6 is 27.5 Å². The Kier molecular flexibility index (Phi) is 7.43. The lowest BCUT2D eigenvalue weighted by atomic mass is 10.2. The van der Waals surface area contributed by atoms with Gasteiger partial charge in [-0.15, -0.1) is 0 Å². The summed E-state index contributed by atoms with van der Waals surface area (Å²) in [6.07, 6.45) is -2.51. The molecule has 8 nitrogen and oxygen atoms in total. The molecule has 1 fully saturated rings. The van der Waals surface area contributed by atoms with E-state index in [9.17, 15) is 22.8 Å². The van der Waals surface area contributed by atoms with Gasteiger partial charge in [-0.05, 0) is 36.4 Å². The smallest absolute Gasteiger partial charge is 0.366 e. The average molecular weight is 572 g/mol. The third-order valence-electron chi connectivity index (χ3n) is 5.40. The quantitative estimate of drug-likeness (QED) is 0.502. The lowest BCUT2D eigenvalue weighted by molar-refractivity contribution is -0.137. The number of anilines is 2. The molecule has 1 aliphatic heterocycles. The van der Waals surface area contributed by atoms with Crippen LogP contribution in [0.2, 0.25) is 5.02 Å². The summed E-state index contributed by atoms with van der Waals surface area (Å²) in [5, 5.41) is 6.79. The van der Waals surface area contributed by atoms with Crippen molar-refractivity contribution >= 4 is 44.8 Å². The SMILES string of the molecule is O=C(CN1CCN(c2cnn(-c3ccc(C(F)(F)F)cn3)c(=O)c2Cl)CC1)Nc1ccc(Br)cc1. The number of hydrogen-bond donors (Lipinski definition) is 1. The Morgan fingerprint density at radius 1 is 1.06 bits per heavy atom. The van der Waals surface area contributed by atoms with Crippen LogP contribution in [-0.4, -0.2) is 58.3 Å². The number of carbonyl (C=O) groups excluding carboxylic acids is 1. The molecule has 1 aliphatic rings. The topological polar surface area (TPSA) is 83.4 Å². The van der Waals surface area contributed by atoms with Crippen molar-refractivity contribution in [3.05, 3.63) is 74.2 Å². The highest BCUT2D eigenvalue weighted by Gasteiger charge is 2.31. The zero-order chi connectivity index (χ0) is 25.2. The Bertz CT molecular complexity index is 1260. The number of hydrogen-bond acceptors (Lipinski definition) is 6. The second-order valence-electron chi connectivity index (χ2n) is 7.78. The molecule has 0 spiro atoms. The maximum absolute atomic E-state index is 12.8. The first-order chi connectivity index (χ1) is 16.6. The molecule has 3 aromatic rings. The van der Waals surface area contributed by atoms with E-state index in [1.165, 1.54) is 6.20 Å². The van der Waals surface area contributed by atoms with Crippen LogP contribution in [0.1, 0.15) is 5.56 Å². The van der Waals surface area contributed by atoms with E-state index < -0.39 is 17.3 Å². The molecule has 1 saturated heterocycles.